The molecule has 0 saturated heterocycles. The lowest BCUT2D eigenvalue weighted by Gasteiger charge is -2.38. The van der Waals surface area contributed by atoms with E-state index in [0.29, 0.717) is 16.4 Å². The van der Waals surface area contributed by atoms with Gasteiger partial charge in [-0.05, 0) is 56.2 Å². The summed E-state index contributed by atoms with van der Waals surface area (Å²) >= 11 is 5.61. The number of ether oxygens (including phenoxy) is 1. The molecule has 150 valence electrons. The molecule has 29 heavy (non-hydrogen) atoms. The molecule has 0 unspecified atom stereocenters. The number of nitro groups is 1. The zero-order chi connectivity index (χ0) is 21.3. The van der Waals surface area contributed by atoms with Crippen molar-refractivity contribution in [1.82, 2.24) is 5.32 Å². The highest BCUT2D eigenvalue weighted by Crippen LogP contribution is 2.38. The Morgan fingerprint density at radius 3 is 2.55 bits per heavy atom. The minimum absolute atomic E-state index is 0.0952. The minimum Gasteiger partial charge on any atom is -0.466 e. The predicted octanol–water partition coefficient (Wildman–Crippen LogP) is 4.09. The number of nitrogens with zero attached hydrogens (tertiary/aromatic N) is 2. The highest BCUT2D eigenvalue weighted by atomic mass is 32.1. The summed E-state index contributed by atoms with van der Waals surface area (Å²) < 4.78 is 5.01. The van der Waals surface area contributed by atoms with Crippen LogP contribution in [0.15, 0.2) is 53.7 Å². The maximum Gasteiger partial charge on any atom is 0.337 e. The Labute approximate surface area is 174 Å². The molecule has 0 fully saturated rings. The summed E-state index contributed by atoms with van der Waals surface area (Å²) in [4.78, 5) is 25.6. The molecule has 1 atom stereocenters. The maximum atomic E-state index is 12.7. The Bertz CT molecular complexity index is 1050. The standard InChI is InChI=1S/C21H21N3O4S/c1-12-9-10-13(2)17(11-12)23-14(3)18(20(25)28-4)19(22-21(23)29)15-7-5-6-8-16(15)24(26)27/h5-11,19H,1-4H3,(H,22,29)/t19-/m0/s1. The van der Waals surface area contributed by atoms with Crippen LogP contribution >= 0.6 is 12.2 Å². The van der Waals surface area contributed by atoms with Crippen LogP contribution in [0.2, 0.25) is 0 Å². The number of nitro benzene ring substituents is 1. The molecule has 0 radical (unpaired) electrons. The Morgan fingerprint density at radius 1 is 1.21 bits per heavy atom. The molecule has 2 aromatic carbocycles. The Balaban J connectivity index is 2.24. The zero-order valence-electron chi connectivity index (χ0n) is 16.6. The molecule has 2 aromatic rings. The van der Waals surface area contributed by atoms with Gasteiger partial charge < -0.3 is 10.1 Å². The summed E-state index contributed by atoms with van der Waals surface area (Å²) in [5, 5.41) is 15.0. The largest absolute Gasteiger partial charge is 0.466 e. The summed E-state index contributed by atoms with van der Waals surface area (Å²) in [5.74, 6) is -0.573. The Hall–Kier alpha value is -3.26. The van der Waals surface area contributed by atoms with E-state index in [1.807, 2.05) is 32.0 Å². The van der Waals surface area contributed by atoms with E-state index in [-0.39, 0.29) is 11.3 Å². The summed E-state index contributed by atoms with van der Waals surface area (Å²) in [6.07, 6.45) is 0. The number of allylic oxidation sites excluding steroid dienone is 1. The summed E-state index contributed by atoms with van der Waals surface area (Å²) in [7, 11) is 1.29. The maximum absolute atomic E-state index is 12.7. The van der Waals surface area contributed by atoms with Gasteiger partial charge in [-0.25, -0.2) is 4.79 Å². The summed E-state index contributed by atoms with van der Waals surface area (Å²) in [6, 6.07) is 11.4. The normalized spacial score (nSPS) is 16.5. The first kappa shape index (κ1) is 20.5. The van der Waals surface area contributed by atoms with Gasteiger partial charge in [0.2, 0.25) is 0 Å². The minimum atomic E-state index is -0.794. The van der Waals surface area contributed by atoms with Crippen molar-refractivity contribution in [3.8, 4) is 0 Å². The molecule has 0 amide bonds. The van der Waals surface area contributed by atoms with Gasteiger partial charge >= 0.3 is 5.97 Å². The average Bonchev–Trinajstić information content (AvgIpc) is 2.69. The molecule has 1 aliphatic heterocycles. The number of nitrogens with one attached hydrogen (secondary N) is 1. The third kappa shape index (κ3) is 3.71. The van der Waals surface area contributed by atoms with Gasteiger partial charge in [0.15, 0.2) is 5.11 Å². The van der Waals surface area contributed by atoms with Gasteiger partial charge in [0.05, 0.1) is 34.9 Å². The number of hydrogen-bond acceptors (Lipinski definition) is 5. The Morgan fingerprint density at radius 2 is 1.90 bits per heavy atom. The monoisotopic (exact) mass is 411 g/mol. The van der Waals surface area contributed by atoms with E-state index >= 15 is 0 Å². The van der Waals surface area contributed by atoms with E-state index in [1.54, 1.807) is 30.0 Å². The molecule has 7 nitrogen and oxygen atoms in total. The Kier molecular flexibility index (Phi) is 5.65. The number of rotatable bonds is 4. The fraction of sp³-hybridized carbons (Fsp3) is 0.238. The van der Waals surface area contributed by atoms with Crippen LogP contribution in [0, 0.1) is 24.0 Å². The van der Waals surface area contributed by atoms with Crippen molar-refractivity contribution < 1.29 is 14.5 Å². The molecule has 8 heteroatoms. The number of hydrogen-bond donors (Lipinski definition) is 1. The van der Waals surface area contributed by atoms with Crippen LogP contribution in [0.3, 0.4) is 0 Å². The molecule has 1 N–H and O–H groups in total. The molecule has 0 bridgehead atoms. The second kappa shape index (κ2) is 8.00. The first-order chi connectivity index (χ1) is 13.8. The van der Waals surface area contributed by atoms with Crippen LogP contribution in [0.5, 0.6) is 0 Å². The third-order valence-electron chi connectivity index (χ3n) is 4.94. The second-order valence-electron chi connectivity index (χ2n) is 6.81. The number of methoxy groups -OCH3 is 1. The van der Waals surface area contributed by atoms with Gasteiger partial charge in [-0.3, -0.25) is 15.0 Å². The van der Waals surface area contributed by atoms with Gasteiger partial charge in [0, 0.05) is 11.8 Å². The van der Waals surface area contributed by atoms with Crippen LogP contribution in [0.1, 0.15) is 29.7 Å². The van der Waals surface area contributed by atoms with Crippen molar-refractivity contribution in [3.05, 3.63) is 80.5 Å². The van der Waals surface area contributed by atoms with Crippen LogP contribution in [-0.4, -0.2) is 23.1 Å². The highest BCUT2D eigenvalue weighted by Gasteiger charge is 2.38. The number of carbonyl (C=O) groups is 1. The van der Waals surface area contributed by atoms with Gasteiger partial charge in [0.25, 0.3) is 5.69 Å². The van der Waals surface area contributed by atoms with E-state index in [4.69, 9.17) is 17.0 Å². The summed E-state index contributed by atoms with van der Waals surface area (Å²) in [6.45, 7) is 5.69. The highest BCUT2D eigenvalue weighted by molar-refractivity contribution is 7.80. The molecular formula is C21H21N3O4S. The van der Waals surface area contributed by atoms with Gasteiger partial charge in [-0.15, -0.1) is 0 Å². The van der Waals surface area contributed by atoms with Gasteiger partial charge in [-0.2, -0.15) is 0 Å². The molecule has 0 saturated carbocycles. The van der Waals surface area contributed by atoms with Crippen molar-refractivity contribution in [2.75, 3.05) is 12.0 Å². The average molecular weight is 411 g/mol. The van der Waals surface area contributed by atoms with E-state index < -0.39 is 16.9 Å². The molecule has 3 rings (SSSR count). The molecule has 0 aliphatic carbocycles. The fourth-order valence-corrected chi connectivity index (χ4v) is 3.85. The topological polar surface area (TPSA) is 84.7 Å². The van der Waals surface area contributed by atoms with Crippen molar-refractivity contribution >= 4 is 34.7 Å². The lowest BCUT2D eigenvalue weighted by atomic mass is 9.93. The van der Waals surface area contributed by atoms with E-state index in [2.05, 4.69) is 5.32 Å². The van der Waals surface area contributed by atoms with Gasteiger partial charge in [-0.1, -0.05) is 24.3 Å². The number of para-hydroxylation sites is 1. The second-order valence-corrected chi connectivity index (χ2v) is 7.20. The van der Waals surface area contributed by atoms with Crippen molar-refractivity contribution in [1.29, 1.82) is 0 Å². The predicted molar refractivity (Wildman–Crippen MR) is 115 cm³/mol. The quantitative estimate of drug-likeness (QED) is 0.351. The van der Waals surface area contributed by atoms with E-state index in [1.165, 1.54) is 13.2 Å². The third-order valence-corrected chi connectivity index (χ3v) is 5.24. The molecule has 1 heterocycles. The van der Waals surface area contributed by atoms with Gasteiger partial charge in [0.1, 0.15) is 0 Å². The van der Waals surface area contributed by atoms with Crippen molar-refractivity contribution in [2.24, 2.45) is 0 Å². The van der Waals surface area contributed by atoms with Crippen LogP contribution in [-0.2, 0) is 9.53 Å². The molecule has 0 aromatic heterocycles. The first-order valence-corrected chi connectivity index (χ1v) is 9.37. The smallest absolute Gasteiger partial charge is 0.337 e. The zero-order valence-corrected chi connectivity index (χ0v) is 17.4. The van der Waals surface area contributed by atoms with Crippen molar-refractivity contribution in [3.63, 3.8) is 0 Å². The van der Waals surface area contributed by atoms with Crippen molar-refractivity contribution in [2.45, 2.75) is 26.8 Å². The number of thiocarbonyl (C=S) groups is 1. The van der Waals surface area contributed by atoms with Crippen LogP contribution in [0.4, 0.5) is 11.4 Å². The molecule has 1 aliphatic rings. The molecule has 0 spiro atoms. The number of anilines is 1. The lowest BCUT2D eigenvalue weighted by molar-refractivity contribution is -0.385. The van der Waals surface area contributed by atoms with E-state index in [0.717, 1.165) is 16.8 Å². The SMILES string of the molecule is COC(=O)C1=C(C)N(c2cc(C)ccc2C)C(=S)N[C@H]1c1ccccc1[N+](=O)[O-]. The number of aryl methyl sites for hydroxylation is 2. The number of benzene rings is 2. The fourth-order valence-electron chi connectivity index (χ4n) is 3.50. The number of carbonyl (C=O) groups excluding carboxylic acids is 1. The number of esters is 1. The first-order valence-electron chi connectivity index (χ1n) is 8.96. The van der Waals surface area contributed by atoms with E-state index in [9.17, 15) is 14.9 Å². The molecular weight excluding hydrogens is 390 g/mol. The van der Waals surface area contributed by atoms with Crippen LogP contribution in [0.25, 0.3) is 0 Å². The lowest BCUT2D eigenvalue weighted by Crippen LogP contribution is -2.48. The summed E-state index contributed by atoms with van der Waals surface area (Å²) in [5.41, 5.74) is 3.95. The van der Waals surface area contributed by atoms with Crippen LogP contribution < -0.4 is 10.2 Å².